The molecular formula is C14H13I. The molecular weight excluding hydrogens is 295 g/mol. The van der Waals surface area contributed by atoms with Gasteiger partial charge in [0.15, 0.2) is 0 Å². The molecule has 0 unspecified atom stereocenters. The first-order valence-electron chi connectivity index (χ1n) is 5.15. The molecule has 1 heteroatoms. The first-order chi connectivity index (χ1) is 7.33. The van der Waals surface area contributed by atoms with Crippen molar-refractivity contribution in [3.8, 4) is 11.1 Å². The maximum absolute atomic E-state index is 2.40. The predicted molar refractivity (Wildman–Crippen MR) is 74.0 cm³/mol. The molecule has 0 aliphatic heterocycles. The van der Waals surface area contributed by atoms with Crippen LogP contribution in [0.3, 0.4) is 0 Å². The summed E-state index contributed by atoms with van der Waals surface area (Å²) in [7, 11) is 0. The number of rotatable bonds is 2. The summed E-state index contributed by atoms with van der Waals surface area (Å²) in [5, 5.41) is 0. The highest BCUT2D eigenvalue weighted by atomic mass is 127. The fraction of sp³-hybridized carbons (Fsp3) is 0.143. The first-order valence-corrected chi connectivity index (χ1v) is 6.23. The van der Waals surface area contributed by atoms with Gasteiger partial charge in [-0.15, -0.1) is 0 Å². The number of hydrogen-bond acceptors (Lipinski definition) is 0. The summed E-state index contributed by atoms with van der Waals surface area (Å²) in [6.07, 6.45) is 1.08. The van der Waals surface area contributed by atoms with Crippen molar-refractivity contribution < 1.29 is 0 Å². The lowest BCUT2D eigenvalue weighted by Gasteiger charge is -2.09. The van der Waals surface area contributed by atoms with Crippen molar-refractivity contribution in [2.75, 3.05) is 0 Å². The Morgan fingerprint density at radius 3 is 2.13 bits per heavy atom. The maximum atomic E-state index is 2.40. The van der Waals surface area contributed by atoms with E-state index >= 15 is 0 Å². The molecule has 0 saturated heterocycles. The molecule has 0 fully saturated rings. The van der Waals surface area contributed by atoms with Crippen molar-refractivity contribution in [3.63, 3.8) is 0 Å². The lowest BCUT2D eigenvalue weighted by Crippen LogP contribution is -1.88. The van der Waals surface area contributed by atoms with Gasteiger partial charge in [-0.05, 0) is 51.8 Å². The van der Waals surface area contributed by atoms with Gasteiger partial charge in [0.2, 0.25) is 0 Å². The summed E-state index contributed by atoms with van der Waals surface area (Å²) in [5.74, 6) is 0. The number of benzene rings is 2. The Hall–Kier alpha value is -0.830. The van der Waals surface area contributed by atoms with Crippen molar-refractivity contribution >= 4 is 22.6 Å². The molecule has 0 radical (unpaired) electrons. The third kappa shape index (κ3) is 2.23. The van der Waals surface area contributed by atoms with E-state index in [4.69, 9.17) is 0 Å². The van der Waals surface area contributed by atoms with Gasteiger partial charge in [0.05, 0.1) is 0 Å². The van der Waals surface area contributed by atoms with Gasteiger partial charge < -0.3 is 0 Å². The molecule has 0 spiro atoms. The van der Waals surface area contributed by atoms with Gasteiger partial charge in [0, 0.05) is 3.57 Å². The van der Waals surface area contributed by atoms with Gasteiger partial charge in [0.25, 0.3) is 0 Å². The minimum atomic E-state index is 1.08. The molecule has 0 amide bonds. The van der Waals surface area contributed by atoms with Gasteiger partial charge in [-0.1, -0.05) is 49.4 Å². The lowest BCUT2D eigenvalue weighted by molar-refractivity contribution is 1.14. The first kappa shape index (κ1) is 10.7. The van der Waals surface area contributed by atoms with E-state index in [0.717, 1.165) is 6.42 Å². The second kappa shape index (κ2) is 4.79. The van der Waals surface area contributed by atoms with Crippen LogP contribution in [-0.2, 0) is 6.42 Å². The summed E-state index contributed by atoms with van der Waals surface area (Å²) in [6.45, 7) is 2.20. The van der Waals surface area contributed by atoms with Crippen LogP contribution in [-0.4, -0.2) is 0 Å². The zero-order chi connectivity index (χ0) is 10.7. The molecule has 0 saturated carbocycles. The Bertz CT molecular complexity index is 460. The Balaban J connectivity index is 2.59. The second-order valence-electron chi connectivity index (χ2n) is 3.49. The van der Waals surface area contributed by atoms with Gasteiger partial charge in [0.1, 0.15) is 0 Å². The Morgan fingerprint density at radius 2 is 1.47 bits per heavy atom. The Morgan fingerprint density at radius 1 is 0.867 bits per heavy atom. The fourth-order valence-corrected chi connectivity index (χ4v) is 2.45. The molecule has 0 N–H and O–H groups in total. The van der Waals surface area contributed by atoms with E-state index in [2.05, 4.69) is 78.0 Å². The molecule has 2 aromatic rings. The smallest absolute Gasteiger partial charge is 0.0208 e. The van der Waals surface area contributed by atoms with Crippen LogP contribution in [0.1, 0.15) is 12.5 Å². The number of halogens is 1. The summed E-state index contributed by atoms with van der Waals surface area (Å²) >= 11 is 2.40. The van der Waals surface area contributed by atoms with E-state index in [1.54, 1.807) is 0 Å². The Kier molecular flexibility index (Phi) is 3.41. The minimum absolute atomic E-state index is 1.08. The molecule has 76 valence electrons. The van der Waals surface area contributed by atoms with E-state index in [1.165, 1.54) is 20.3 Å². The molecule has 0 atom stereocenters. The maximum Gasteiger partial charge on any atom is 0.0208 e. The van der Waals surface area contributed by atoms with Crippen LogP contribution in [0.4, 0.5) is 0 Å². The lowest BCUT2D eigenvalue weighted by atomic mass is 9.98. The average molecular weight is 308 g/mol. The van der Waals surface area contributed by atoms with E-state index in [-0.39, 0.29) is 0 Å². The zero-order valence-electron chi connectivity index (χ0n) is 8.70. The van der Waals surface area contributed by atoms with Crippen molar-refractivity contribution in [1.82, 2.24) is 0 Å². The van der Waals surface area contributed by atoms with E-state index in [0.29, 0.717) is 0 Å². The van der Waals surface area contributed by atoms with Crippen LogP contribution < -0.4 is 0 Å². The van der Waals surface area contributed by atoms with Gasteiger partial charge in [-0.2, -0.15) is 0 Å². The molecule has 2 rings (SSSR count). The molecule has 2 aromatic carbocycles. The highest BCUT2D eigenvalue weighted by molar-refractivity contribution is 14.1. The molecule has 0 aromatic heterocycles. The van der Waals surface area contributed by atoms with Crippen LogP contribution in [0.25, 0.3) is 11.1 Å². The van der Waals surface area contributed by atoms with Crippen molar-refractivity contribution in [2.24, 2.45) is 0 Å². The summed E-state index contributed by atoms with van der Waals surface area (Å²) < 4.78 is 1.32. The number of hydrogen-bond donors (Lipinski definition) is 0. The zero-order valence-corrected chi connectivity index (χ0v) is 10.9. The standard InChI is InChI=1S/C14H13I/c1-2-11-7-3-4-8-12(11)13-9-5-6-10-14(13)15/h3-10H,2H2,1H3. The molecule has 15 heavy (non-hydrogen) atoms. The quantitative estimate of drug-likeness (QED) is 0.716. The highest BCUT2D eigenvalue weighted by Crippen LogP contribution is 2.28. The van der Waals surface area contributed by atoms with Crippen molar-refractivity contribution in [1.29, 1.82) is 0 Å². The van der Waals surface area contributed by atoms with E-state index < -0.39 is 0 Å². The fourth-order valence-electron chi connectivity index (χ4n) is 1.77. The van der Waals surface area contributed by atoms with Gasteiger partial charge >= 0.3 is 0 Å². The van der Waals surface area contributed by atoms with Gasteiger partial charge in [-0.3, -0.25) is 0 Å². The molecule has 0 aliphatic rings. The van der Waals surface area contributed by atoms with Crippen LogP contribution >= 0.6 is 22.6 Å². The SMILES string of the molecule is CCc1ccccc1-c1ccccc1I. The number of aryl methyl sites for hydroxylation is 1. The molecule has 0 heterocycles. The minimum Gasteiger partial charge on any atom is -0.0620 e. The topological polar surface area (TPSA) is 0 Å². The van der Waals surface area contributed by atoms with Crippen molar-refractivity contribution in [3.05, 3.63) is 57.7 Å². The average Bonchev–Trinajstić information content (AvgIpc) is 2.30. The third-order valence-electron chi connectivity index (χ3n) is 2.56. The summed E-state index contributed by atoms with van der Waals surface area (Å²) in [4.78, 5) is 0. The van der Waals surface area contributed by atoms with Crippen LogP contribution in [0.15, 0.2) is 48.5 Å². The second-order valence-corrected chi connectivity index (χ2v) is 4.65. The van der Waals surface area contributed by atoms with Crippen LogP contribution in [0, 0.1) is 3.57 Å². The monoisotopic (exact) mass is 308 g/mol. The van der Waals surface area contributed by atoms with E-state index in [1.807, 2.05) is 0 Å². The largest absolute Gasteiger partial charge is 0.0620 e. The van der Waals surface area contributed by atoms with Crippen molar-refractivity contribution in [2.45, 2.75) is 13.3 Å². The summed E-state index contributed by atoms with van der Waals surface area (Å²) in [6, 6.07) is 17.2. The van der Waals surface area contributed by atoms with Gasteiger partial charge in [-0.25, -0.2) is 0 Å². The normalized spacial score (nSPS) is 10.3. The molecule has 0 nitrogen and oxygen atoms in total. The highest BCUT2D eigenvalue weighted by Gasteiger charge is 2.05. The van der Waals surface area contributed by atoms with Crippen LogP contribution in [0.2, 0.25) is 0 Å². The summed E-state index contributed by atoms with van der Waals surface area (Å²) in [5.41, 5.74) is 4.13. The van der Waals surface area contributed by atoms with E-state index in [9.17, 15) is 0 Å². The predicted octanol–water partition coefficient (Wildman–Crippen LogP) is 4.52. The van der Waals surface area contributed by atoms with Crippen LogP contribution in [0.5, 0.6) is 0 Å². The Labute approximate surface area is 104 Å². The molecule has 0 aliphatic carbocycles. The molecule has 0 bridgehead atoms. The third-order valence-corrected chi connectivity index (χ3v) is 3.50.